The maximum absolute atomic E-state index is 12.9. The van der Waals surface area contributed by atoms with Gasteiger partial charge in [-0.1, -0.05) is 6.92 Å². The van der Waals surface area contributed by atoms with Gasteiger partial charge in [0, 0.05) is 12.2 Å². The summed E-state index contributed by atoms with van der Waals surface area (Å²) in [6.45, 7) is 4.31. The van der Waals surface area contributed by atoms with Crippen LogP contribution in [0.25, 0.3) is 5.69 Å². The molecule has 1 aliphatic heterocycles. The Morgan fingerprint density at radius 1 is 1.27 bits per heavy atom. The van der Waals surface area contributed by atoms with Crippen molar-refractivity contribution in [2.45, 2.75) is 32.7 Å². The molecule has 1 aliphatic rings. The van der Waals surface area contributed by atoms with Gasteiger partial charge in [0.25, 0.3) is 5.91 Å². The highest BCUT2D eigenvalue weighted by Gasteiger charge is 2.36. The minimum Gasteiger partial charge on any atom is -0.497 e. The normalized spacial score (nSPS) is 20.0. The van der Waals surface area contributed by atoms with Crippen LogP contribution in [0.5, 0.6) is 5.75 Å². The van der Waals surface area contributed by atoms with Gasteiger partial charge in [-0.2, -0.15) is 5.10 Å². The van der Waals surface area contributed by atoms with Crippen molar-refractivity contribution in [1.29, 1.82) is 0 Å². The first-order valence-corrected chi connectivity index (χ1v) is 8.65. The molecule has 3 rings (SSSR count). The first-order valence-electron chi connectivity index (χ1n) is 8.65. The number of aromatic nitrogens is 2. The van der Waals surface area contributed by atoms with Gasteiger partial charge in [0.1, 0.15) is 11.8 Å². The first kappa shape index (κ1) is 18.0. The molecule has 138 valence electrons. The molecule has 26 heavy (non-hydrogen) atoms. The molecule has 2 unspecified atom stereocenters. The Morgan fingerprint density at radius 3 is 2.58 bits per heavy atom. The molecule has 0 saturated carbocycles. The second-order valence-corrected chi connectivity index (χ2v) is 6.76. The van der Waals surface area contributed by atoms with Gasteiger partial charge in [-0.05, 0) is 56.0 Å². The third-order valence-corrected chi connectivity index (χ3v) is 4.83. The van der Waals surface area contributed by atoms with Gasteiger partial charge in [0.05, 0.1) is 12.8 Å². The Bertz CT molecular complexity index is 813. The summed E-state index contributed by atoms with van der Waals surface area (Å²) < 4.78 is 6.83. The number of likely N-dealkylation sites (tertiary alicyclic amines) is 1. The number of hydrogen-bond acceptors (Lipinski definition) is 4. The lowest BCUT2D eigenvalue weighted by Gasteiger charge is -2.35. The molecule has 1 aromatic carbocycles. The summed E-state index contributed by atoms with van der Waals surface area (Å²) in [5, 5.41) is 13.9. The number of rotatable bonds is 4. The summed E-state index contributed by atoms with van der Waals surface area (Å²) in [6.07, 6.45) is 1.27. The van der Waals surface area contributed by atoms with Gasteiger partial charge >= 0.3 is 5.97 Å². The number of amides is 1. The van der Waals surface area contributed by atoms with E-state index < -0.39 is 12.0 Å². The first-order chi connectivity index (χ1) is 12.4. The highest BCUT2D eigenvalue weighted by Crippen LogP contribution is 2.25. The average Bonchev–Trinajstić information content (AvgIpc) is 3.03. The number of carboxylic acid groups (broad SMARTS) is 1. The largest absolute Gasteiger partial charge is 0.497 e. The van der Waals surface area contributed by atoms with Crippen LogP contribution in [-0.2, 0) is 4.79 Å². The number of carbonyl (C=O) groups excluding carboxylic acids is 1. The smallest absolute Gasteiger partial charge is 0.326 e. The summed E-state index contributed by atoms with van der Waals surface area (Å²) >= 11 is 0. The molecule has 1 fully saturated rings. The number of methoxy groups -OCH3 is 1. The van der Waals surface area contributed by atoms with Crippen LogP contribution in [0.1, 0.15) is 35.9 Å². The van der Waals surface area contributed by atoms with Crippen LogP contribution < -0.4 is 4.74 Å². The van der Waals surface area contributed by atoms with E-state index in [2.05, 4.69) is 5.10 Å². The molecular formula is C19H23N3O4. The number of aryl methyl sites for hydroxylation is 1. The summed E-state index contributed by atoms with van der Waals surface area (Å²) in [5.41, 5.74) is 1.87. The van der Waals surface area contributed by atoms with Crippen molar-refractivity contribution in [3.8, 4) is 11.4 Å². The Balaban J connectivity index is 1.87. The van der Waals surface area contributed by atoms with E-state index in [1.807, 2.05) is 38.1 Å². The summed E-state index contributed by atoms with van der Waals surface area (Å²) in [7, 11) is 1.60. The van der Waals surface area contributed by atoms with E-state index in [-0.39, 0.29) is 11.6 Å². The van der Waals surface area contributed by atoms with Gasteiger partial charge in [-0.25, -0.2) is 9.48 Å². The van der Waals surface area contributed by atoms with Crippen molar-refractivity contribution in [2.75, 3.05) is 13.7 Å². The molecule has 7 heteroatoms. The quantitative estimate of drug-likeness (QED) is 0.909. The molecule has 1 N–H and O–H groups in total. The molecule has 0 radical (unpaired) electrons. The minimum absolute atomic E-state index is 0.263. The fraction of sp³-hybridized carbons (Fsp3) is 0.421. The van der Waals surface area contributed by atoms with Crippen molar-refractivity contribution in [1.82, 2.24) is 14.7 Å². The minimum atomic E-state index is -0.962. The zero-order valence-corrected chi connectivity index (χ0v) is 15.2. The average molecular weight is 357 g/mol. The Morgan fingerprint density at radius 2 is 1.96 bits per heavy atom. The standard InChI is InChI=1S/C19H23N3O4/c1-12-8-9-21(17(10-12)19(24)25)18(23)16-11-13(2)22(20-16)14-4-6-15(26-3)7-5-14/h4-7,11-12,17H,8-10H2,1-3H3,(H,24,25). The van der Waals surface area contributed by atoms with Gasteiger partial charge in [0.15, 0.2) is 5.69 Å². The second kappa shape index (κ2) is 7.19. The predicted molar refractivity (Wildman–Crippen MR) is 95.7 cm³/mol. The number of carbonyl (C=O) groups is 2. The maximum Gasteiger partial charge on any atom is 0.326 e. The summed E-state index contributed by atoms with van der Waals surface area (Å²) in [5.74, 6) is -0.267. The van der Waals surface area contributed by atoms with E-state index in [1.165, 1.54) is 4.90 Å². The molecule has 7 nitrogen and oxygen atoms in total. The van der Waals surface area contributed by atoms with E-state index in [4.69, 9.17) is 4.74 Å². The van der Waals surface area contributed by atoms with E-state index in [9.17, 15) is 14.7 Å². The molecule has 1 amide bonds. The molecule has 1 saturated heterocycles. The summed E-state index contributed by atoms with van der Waals surface area (Å²) in [6, 6.07) is 8.27. The van der Waals surface area contributed by atoms with Gasteiger partial charge in [-0.15, -0.1) is 0 Å². The Kier molecular flexibility index (Phi) is 4.97. The number of ether oxygens (including phenoxy) is 1. The lowest BCUT2D eigenvalue weighted by molar-refractivity contribution is -0.144. The van der Waals surface area contributed by atoms with Crippen molar-refractivity contribution >= 4 is 11.9 Å². The topological polar surface area (TPSA) is 84.7 Å². The molecule has 1 aromatic heterocycles. The van der Waals surface area contributed by atoms with Crippen LogP contribution >= 0.6 is 0 Å². The number of aliphatic carboxylic acids is 1. The van der Waals surface area contributed by atoms with Crippen LogP contribution in [-0.4, -0.2) is 51.4 Å². The van der Waals surface area contributed by atoms with Gasteiger partial charge in [-0.3, -0.25) is 4.79 Å². The Hall–Kier alpha value is -2.83. The number of hydrogen-bond donors (Lipinski definition) is 1. The van der Waals surface area contributed by atoms with Crippen LogP contribution in [0.3, 0.4) is 0 Å². The Labute approximate surface area is 152 Å². The fourth-order valence-corrected chi connectivity index (χ4v) is 3.33. The molecular weight excluding hydrogens is 334 g/mol. The molecule has 2 heterocycles. The van der Waals surface area contributed by atoms with Crippen LogP contribution in [0.15, 0.2) is 30.3 Å². The van der Waals surface area contributed by atoms with Crippen molar-refractivity contribution in [2.24, 2.45) is 5.92 Å². The zero-order valence-electron chi connectivity index (χ0n) is 15.2. The maximum atomic E-state index is 12.9. The fourth-order valence-electron chi connectivity index (χ4n) is 3.33. The molecule has 0 bridgehead atoms. The number of nitrogens with zero attached hydrogens (tertiary/aromatic N) is 3. The second-order valence-electron chi connectivity index (χ2n) is 6.76. The number of carboxylic acids is 1. The third kappa shape index (κ3) is 3.42. The SMILES string of the molecule is COc1ccc(-n2nc(C(=O)N3CCC(C)CC3C(=O)O)cc2C)cc1. The van der Waals surface area contributed by atoms with E-state index >= 15 is 0 Å². The molecule has 2 atom stereocenters. The highest BCUT2D eigenvalue weighted by molar-refractivity contribution is 5.95. The van der Waals surface area contributed by atoms with Crippen LogP contribution in [0.4, 0.5) is 0 Å². The monoisotopic (exact) mass is 357 g/mol. The van der Waals surface area contributed by atoms with Crippen LogP contribution in [0, 0.1) is 12.8 Å². The van der Waals surface area contributed by atoms with E-state index in [1.54, 1.807) is 17.9 Å². The lowest BCUT2D eigenvalue weighted by Crippen LogP contribution is -2.49. The van der Waals surface area contributed by atoms with Gasteiger partial charge < -0.3 is 14.7 Å². The predicted octanol–water partition coefficient (Wildman–Crippen LogP) is 2.51. The van der Waals surface area contributed by atoms with Crippen molar-refractivity contribution < 1.29 is 19.4 Å². The van der Waals surface area contributed by atoms with Crippen molar-refractivity contribution in [3.63, 3.8) is 0 Å². The summed E-state index contributed by atoms with van der Waals surface area (Å²) in [4.78, 5) is 25.9. The third-order valence-electron chi connectivity index (χ3n) is 4.83. The molecule has 2 aromatic rings. The number of piperidine rings is 1. The lowest BCUT2D eigenvalue weighted by atomic mass is 9.92. The molecule has 0 aliphatic carbocycles. The molecule has 0 spiro atoms. The highest BCUT2D eigenvalue weighted by atomic mass is 16.5. The van der Waals surface area contributed by atoms with Gasteiger partial charge in [0.2, 0.25) is 0 Å². The van der Waals surface area contributed by atoms with E-state index in [0.29, 0.717) is 18.9 Å². The van der Waals surface area contributed by atoms with Crippen molar-refractivity contribution in [3.05, 3.63) is 41.7 Å². The van der Waals surface area contributed by atoms with Crippen LogP contribution in [0.2, 0.25) is 0 Å². The van der Waals surface area contributed by atoms with E-state index in [0.717, 1.165) is 23.6 Å². The number of benzene rings is 1. The zero-order chi connectivity index (χ0) is 18.8.